The van der Waals surface area contributed by atoms with Crippen LogP contribution in [-0.4, -0.2) is 23.9 Å². The molecule has 0 spiro atoms. The van der Waals surface area contributed by atoms with E-state index in [-0.39, 0.29) is 16.7 Å². The summed E-state index contributed by atoms with van der Waals surface area (Å²) in [6, 6.07) is 1.77. The highest BCUT2D eigenvalue weighted by Gasteiger charge is 2.33. The first-order valence-electron chi connectivity index (χ1n) is 7.46. The van der Waals surface area contributed by atoms with Crippen LogP contribution in [0, 0.1) is 17.0 Å². The van der Waals surface area contributed by atoms with E-state index in [1.807, 2.05) is 0 Å². The van der Waals surface area contributed by atoms with E-state index < -0.39 is 17.5 Å². The van der Waals surface area contributed by atoms with Gasteiger partial charge in [0.15, 0.2) is 0 Å². The van der Waals surface area contributed by atoms with E-state index in [1.165, 1.54) is 0 Å². The van der Waals surface area contributed by atoms with Crippen LogP contribution in [0.2, 0.25) is 0 Å². The number of carbonyl (C=O) groups excluding carboxylic acids is 1. The lowest BCUT2D eigenvalue weighted by Gasteiger charge is -2.41. The first-order chi connectivity index (χ1) is 9.92. The zero-order chi connectivity index (χ0) is 15.6. The first-order valence-corrected chi connectivity index (χ1v) is 7.46. The molecule has 21 heavy (non-hydrogen) atoms. The molecule has 1 amide bonds. The van der Waals surface area contributed by atoms with Crippen molar-refractivity contribution in [3.8, 4) is 0 Å². The van der Waals surface area contributed by atoms with Gasteiger partial charge in [-0.05, 0) is 24.3 Å². The van der Waals surface area contributed by atoms with Crippen LogP contribution in [0.3, 0.4) is 0 Å². The molecular weight excluding hydrogens is 274 g/mol. The normalized spacial score (nSPS) is 17.8. The highest BCUT2D eigenvalue weighted by atomic mass is 19.1. The lowest BCUT2D eigenvalue weighted by molar-refractivity contribution is 0.0553. The van der Waals surface area contributed by atoms with Gasteiger partial charge >= 0.3 is 0 Å². The van der Waals surface area contributed by atoms with Gasteiger partial charge in [-0.15, -0.1) is 0 Å². The Kier molecular flexibility index (Phi) is 4.49. The smallest absolute Gasteiger partial charge is 0.256 e. The molecule has 1 saturated heterocycles. The molecular formula is C16H22F2N2O. The van der Waals surface area contributed by atoms with Crippen molar-refractivity contribution < 1.29 is 13.6 Å². The van der Waals surface area contributed by atoms with E-state index in [1.54, 1.807) is 4.90 Å². The summed E-state index contributed by atoms with van der Waals surface area (Å²) in [6.07, 6.45) is 4.01. The SMILES string of the molecule is CCC1(CC)CCN(C(=O)c2cc(N)c(F)cc2F)CC1. The van der Waals surface area contributed by atoms with Crippen molar-refractivity contribution in [2.45, 2.75) is 39.5 Å². The summed E-state index contributed by atoms with van der Waals surface area (Å²) < 4.78 is 26.9. The molecule has 116 valence electrons. The van der Waals surface area contributed by atoms with Crippen molar-refractivity contribution in [3.63, 3.8) is 0 Å². The second-order valence-corrected chi connectivity index (χ2v) is 5.85. The van der Waals surface area contributed by atoms with Crippen molar-refractivity contribution in [3.05, 3.63) is 29.3 Å². The molecule has 0 bridgehead atoms. The number of hydrogen-bond acceptors (Lipinski definition) is 2. The number of carbonyl (C=O) groups is 1. The van der Waals surface area contributed by atoms with Crippen molar-refractivity contribution in [2.75, 3.05) is 18.8 Å². The predicted molar refractivity (Wildman–Crippen MR) is 78.9 cm³/mol. The van der Waals surface area contributed by atoms with Gasteiger partial charge < -0.3 is 10.6 Å². The highest BCUT2D eigenvalue weighted by Crippen LogP contribution is 2.38. The Bertz CT molecular complexity index is 531. The molecule has 0 atom stereocenters. The fraction of sp³-hybridized carbons (Fsp3) is 0.562. The van der Waals surface area contributed by atoms with E-state index in [4.69, 9.17) is 5.73 Å². The number of likely N-dealkylation sites (tertiary alicyclic amines) is 1. The van der Waals surface area contributed by atoms with Gasteiger partial charge in [0.05, 0.1) is 11.3 Å². The Morgan fingerprint density at radius 3 is 2.29 bits per heavy atom. The maximum atomic E-state index is 13.8. The van der Waals surface area contributed by atoms with Crippen LogP contribution in [0.4, 0.5) is 14.5 Å². The molecule has 1 heterocycles. The van der Waals surface area contributed by atoms with Gasteiger partial charge in [0, 0.05) is 19.2 Å². The quantitative estimate of drug-likeness (QED) is 0.866. The maximum absolute atomic E-state index is 13.8. The fourth-order valence-corrected chi connectivity index (χ4v) is 3.04. The van der Waals surface area contributed by atoms with Crippen LogP contribution in [-0.2, 0) is 0 Å². The summed E-state index contributed by atoms with van der Waals surface area (Å²) >= 11 is 0. The number of piperidine rings is 1. The molecule has 1 fully saturated rings. The average Bonchev–Trinajstić information content (AvgIpc) is 2.50. The largest absolute Gasteiger partial charge is 0.396 e. The number of hydrogen-bond donors (Lipinski definition) is 1. The third-order valence-electron chi connectivity index (χ3n) is 4.93. The first kappa shape index (κ1) is 15.7. The number of benzene rings is 1. The van der Waals surface area contributed by atoms with Crippen molar-refractivity contribution in [1.29, 1.82) is 0 Å². The number of amides is 1. The molecule has 3 nitrogen and oxygen atoms in total. The van der Waals surface area contributed by atoms with Crippen LogP contribution in [0.25, 0.3) is 0 Å². The summed E-state index contributed by atoms with van der Waals surface area (Å²) in [6.45, 7) is 5.55. The van der Waals surface area contributed by atoms with E-state index in [9.17, 15) is 13.6 Å². The standard InChI is InChI=1S/C16H22F2N2O/c1-3-16(4-2)5-7-20(8-6-16)15(21)11-9-14(19)13(18)10-12(11)17/h9-10H,3-8,19H2,1-2H3. The fourth-order valence-electron chi connectivity index (χ4n) is 3.04. The Morgan fingerprint density at radius 2 is 1.76 bits per heavy atom. The van der Waals surface area contributed by atoms with E-state index in [0.29, 0.717) is 19.2 Å². The van der Waals surface area contributed by atoms with E-state index in [0.717, 1.165) is 31.7 Å². The average molecular weight is 296 g/mol. The highest BCUT2D eigenvalue weighted by molar-refractivity contribution is 5.95. The van der Waals surface area contributed by atoms with Gasteiger partial charge in [-0.2, -0.15) is 0 Å². The molecule has 1 aliphatic rings. The van der Waals surface area contributed by atoms with Gasteiger partial charge in [-0.1, -0.05) is 26.7 Å². The zero-order valence-corrected chi connectivity index (χ0v) is 12.6. The van der Waals surface area contributed by atoms with E-state index >= 15 is 0 Å². The Balaban J connectivity index is 2.14. The molecule has 0 radical (unpaired) electrons. The van der Waals surface area contributed by atoms with Crippen LogP contribution in [0.1, 0.15) is 49.9 Å². The monoisotopic (exact) mass is 296 g/mol. The number of nitrogens with two attached hydrogens (primary N) is 1. The van der Waals surface area contributed by atoms with Gasteiger partial charge in [-0.3, -0.25) is 4.79 Å². The molecule has 5 heteroatoms. The summed E-state index contributed by atoms with van der Waals surface area (Å²) in [5.41, 5.74) is 5.37. The lowest BCUT2D eigenvalue weighted by Crippen LogP contribution is -2.43. The maximum Gasteiger partial charge on any atom is 0.256 e. The molecule has 0 aromatic heterocycles. The minimum atomic E-state index is -0.852. The summed E-state index contributed by atoms with van der Waals surface area (Å²) in [4.78, 5) is 14.0. The molecule has 2 rings (SSSR count). The van der Waals surface area contributed by atoms with Crippen molar-refractivity contribution in [1.82, 2.24) is 4.90 Å². The molecule has 1 aromatic carbocycles. The molecule has 2 N–H and O–H groups in total. The zero-order valence-electron chi connectivity index (χ0n) is 12.6. The second kappa shape index (κ2) is 6.00. The van der Waals surface area contributed by atoms with Crippen LogP contribution >= 0.6 is 0 Å². The second-order valence-electron chi connectivity index (χ2n) is 5.85. The molecule has 1 aromatic rings. The predicted octanol–water partition coefficient (Wildman–Crippen LogP) is 3.59. The van der Waals surface area contributed by atoms with E-state index in [2.05, 4.69) is 13.8 Å². The summed E-state index contributed by atoms with van der Waals surface area (Å²) in [5.74, 6) is -2.09. The summed E-state index contributed by atoms with van der Waals surface area (Å²) in [5, 5.41) is 0. The third-order valence-corrected chi connectivity index (χ3v) is 4.93. The van der Waals surface area contributed by atoms with Crippen molar-refractivity contribution >= 4 is 11.6 Å². The Morgan fingerprint density at radius 1 is 1.19 bits per heavy atom. The van der Waals surface area contributed by atoms with Gasteiger partial charge in [0.1, 0.15) is 11.6 Å². The molecule has 0 aliphatic carbocycles. The molecule has 1 aliphatic heterocycles. The van der Waals surface area contributed by atoms with Crippen LogP contribution < -0.4 is 5.73 Å². The number of nitrogens with zero attached hydrogens (tertiary/aromatic N) is 1. The topological polar surface area (TPSA) is 46.3 Å². The number of nitrogen functional groups attached to an aromatic ring is 1. The van der Waals surface area contributed by atoms with Crippen LogP contribution in [0.5, 0.6) is 0 Å². The number of halogens is 2. The number of rotatable bonds is 3. The van der Waals surface area contributed by atoms with Crippen LogP contribution in [0.15, 0.2) is 12.1 Å². The lowest BCUT2D eigenvalue weighted by atomic mass is 9.74. The molecule has 0 saturated carbocycles. The third kappa shape index (κ3) is 3.01. The Labute approximate surface area is 124 Å². The van der Waals surface area contributed by atoms with Gasteiger partial charge in [0.2, 0.25) is 0 Å². The van der Waals surface area contributed by atoms with Gasteiger partial charge in [-0.25, -0.2) is 8.78 Å². The minimum Gasteiger partial charge on any atom is -0.396 e. The van der Waals surface area contributed by atoms with Gasteiger partial charge in [0.25, 0.3) is 5.91 Å². The van der Waals surface area contributed by atoms with Crippen molar-refractivity contribution in [2.24, 2.45) is 5.41 Å². The summed E-state index contributed by atoms with van der Waals surface area (Å²) in [7, 11) is 0. The Hall–Kier alpha value is -1.65. The minimum absolute atomic E-state index is 0.144. The number of anilines is 1. The molecule has 0 unspecified atom stereocenters.